The van der Waals surface area contributed by atoms with Gasteiger partial charge >= 0.3 is 6.03 Å². The molecule has 1 unspecified atom stereocenters. The molecule has 0 radical (unpaired) electrons. The Morgan fingerprint density at radius 3 is 2.65 bits per heavy atom. The van der Waals surface area contributed by atoms with E-state index in [1.807, 2.05) is 0 Å². The molecule has 2 aromatic heterocycles. The molecule has 0 aromatic carbocycles. The lowest BCUT2D eigenvalue weighted by atomic mass is 10.00. The van der Waals surface area contributed by atoms with Gasteiger partial charge in [0.2, 0.25) is 0 Å². The van der Waals surface area contributed by atoms with E-state index in [1.54, 1.807) is 24.3 Å². The summed E-state index contributed by atoms with van der Waals surface area (Å²) in [4.78, 5) is 36.2. The van der Waals surface area contributed by atoms with Crippen molar-refractivity contribution in [1.82, 2.24) is 15.8 Å². The monoisotopic (exact) mass is 315 g/mol. The maximum atomic E-state index is 12.4. The average Bonchev–Trinajstić information content (AvgIpc) is 3.25. The summed E-state index contributed by atoms with van der Waals surface area (Å²) in [5.74, 6) is -0.540. The number of hydrogen-bond donors (Lipinski definition) is 2. The minimum atomic E-state index is -1.36. The summed E-state index contributed by atoms with van der Waals surface area (Å²) < 4.78 is 10.2. The van der Waals surface area contributed by atoms with Crippen LogP contribution in [0.15, 0.2) is 51.7 Å². The highest BCUT2D eigenvalue weighted by Crippen LogP contribution is 2.28. The van der Waals surface area contributed by atoms with E-state index < -0.39 is 23.4 Å². The van der Waals surface area contributed by atoms with Crippen molar-refractivity contribution >= 4 is 23.9 Å². The molecule has 8 nitrogen and oxygen atoms in total. The Morgan fingerprint density at radius 2 is 2.00 bits per heavy atom. The maximum Gasteiger partial charge on any atom is 0.344 e. The second-order valence-electron chi connectivity index (χ2n) is 5.00. The summed E-state index contributed by atoms with van der Waals surface area (Å²) in [6.07, 6.45) is 5.43. The third-order valence-electron chi connectivity index (χ3n) is 3.37. The smallest absolute Gasteiger partial charge is 0.344 e. The van der Waals surface area contributed by atoms with E-state index in [9.17, 15) is 14.4 Å². The Morgan fingerprint density at radius 1 is 1.26 bits per heavy atom. The summed E-state index contributed by atoms with van der Waals surface area (Å²) in [5, 5.41) is 3.12. The molecular weight excluding hydrogens is 302 g/mol. The molecule has 0 saturated carbocycles. The molecule has 118 valence electrons. The van der Waals surface area contributed by atoms with Gasteiger partial charge in [0.05, 0.1) is 12.5 Å². The van der Waals surface area contributed by atoms with E-state index in [1.165, 1.54) is 25.5 Å². The Bertz CT molecular complexity index is 763. The van der Waals surface area contributed by atoms with Gasteiger partial charge < -0.3 is 14.2 Å². The quantitative estimate of drug-likeness (QED) is 0.655. The van der Waals surface area contributed by atoms with Crippen LogP contribution in [0.2, 0.25) is 0 Å². The summed E-state index contributed by atoms with van der Waals surface area (Å²) in [7, 11) is 0. The molecule has 4 amide bonds. The van der Waals surface area contributed by atoms with Crippen LogP contribution in [0.4, 0.5) is 4.79 Å². The maximum absolute atomic E-state index is 12.4. The van der Waals surface area contributed by atoms with Gasteiger partial charge in [-0.05, 0) is 37.3 Å². The van der Waals surface area contributed by atoms with Gasteiger partial charge in [0.25, 0.3) is 11.8 Å². The first kappa shape index (κ1) is 14.6. The molecule has 8 heteroatoms. The van der Waals surface area contributed by atoms with Crippen molar-refractivity contribution in [2.45, 2.75) is 12.5 Å². The number of urea groups is 1. The molecule has 1 saturated heterocycles. The first-order valence-corrected chi connectivity index (χ1v) is 6.73. The van der Waals surface area contributed by atoms with Crippen LogP contribution < -0.4 is 10.7 Å². The number of hydrogen-bond acceptors (Lipinski definition) is 5. The van der Waals surface area contributed by atoms with Gasteiger partial charge in [-0.3, -0.25) is 15.0 Å². The van der Waals surface area contributed by atoms with Crippen LogP contribution in [0.1, 0.15) is 18.4 Å². The number of furan rings is 2. The first-order valence-electron chi connectivity index (χ1n) is 6.73. The van der Waals surface area contributed by atoms with Gasteiger partial charge in [-0.15, -0.1) is 0 Å². The van der Waals surface area contributed by atoms with Crippen molar-refractivity contribution in [2.75, 3.05) is 0 Å². The molecular formula is C15H13N3O5. The lowest BCUT2D eigenvalue weighted by Crippen LogP contribution is -2.47. The van der Waals surface area contributed by atoms with Gasteiger partial charge in [-0.2, -0.15) is 5.01 Å². The van der Waals surface area contributed by atoms with E-state index in [-0.39, 0.29) is 5.76 Å². The van der Waals surface area contributed by atoms with Crippen molar-refractivity contribution in [3.63, 3.8) is 0 Å². The van der Waals surface area contributed by atoms with E-state index in [4.69, 9.17) is 8.83 Å². The molecule has 0 aliphatic carbocycles. The average molecular weight is 315 g/mol. The summed E-state index contributed by atoms with van der Waals surface area (Å²) in [6, 6.07) is 5.76. The lowest BCUT2D eigenvalue weighted by Gasteiger charge is -2.18. The van der Waals surface area contributed by atoms with E-state index >= 15 is 0 Å². The molecule has 23 heavy (non-hydrogen) atoms. The zero-order valence-electron chi connectivity index (χ0n) is 12.1. The van der Waals surface area contributed by atoms with Crippen LogP contribution in [-0.2, 0) is 15.1 Å². The van der Waals surface area contributed by atoms with Crippen LogP contribution in [0.25, 0.3) is 6.08 Å². The highest BCUT2D eigenvalue weighted by Gasteiger charge is 2.51. The molecule has 1 aliphatic heterocycles. The van der Waals surface area contributed by atoms with Gasteiger partial charge in [-0.1, -0.05) is 0 Å². The lowest BCUT2D eigenvalue weighted by molar-refractivity contribution is -0.137. The number of nitrogens with one attached hydrogen (secondary N) is 2. The van der Waals surface area contributed by atoms with Crippen molar-refractivity contribution in [3.05, 3.63) is 54.4 Å². The third-order valence-corrected chi connectivity index (χ3v) is 3.37. The van der Waals surface area contributed by atoms with Gasteiger partial charge in [-0.25, -0.2) is 4.79 Å². The first-order chi connectivity index (χ1) is 11.0. The Hall–Kier alpha value is -3.29. The van der Waals surface area contributed by atoms with E-state index in [0.717, 1.165) is 6.08 Å². The molecule has 1 aliphatic rings. The molecule has 3 heterocycles. The van der Waals surface area contributed by atoms with E-state index in [0.29, 0.717) is 10.8 Å². The summed E-state index contributed by atoms with van der Waals surface area (Å²) in [5.41, 5.74) is 0.858. The highest BCUT2D eigenvalue weighted by atomic mass is 16.3. The number of amides is 4. The fourth-order valence-corrected chi connectivity index (χ4v) is 2.16. The minimum Gasteiger partial charge on any atom is -0.466 e. The number of hydrazine groups is 1. The molecule has 0 bridgehead atoms. The highest BCUT2D eigenvalue weighted by molar-refractivity contribution is 6.08. The van der Waals surface area contributed by atoms with Crippen LogP contribution in [0.5, 0.6) is 0 Å². The number of carbonyl (C=O) groups excluding carboxylic acids is 3. The molecule has 0 spiro atoms. The zero-order valence-corrected chi connectivity index (χ0v) is 12.1. The van der Waals surface area contributed by atoms with Crippen molar-refractivity contribution < 1.29 is 23.2 Å². The van der Waals surface area contributed by atoms with E-state index in [2.05, 4.69) is 10.7 Å². The Labute approximate surface area is 130 Å². The SMILES string of the molecule is CC1(c2ccco2)NC(=O)N(NC(=O)C=Cc2ccco2)C1=O. The third kappa shape index (κ3) is 2.61. The fraction of sp³-hybridized carbons (Fsp3) is 0.133. The predicted molar refractivity (Wildman–Crippen MR) is 77.3 cm³/mol. The molecule has 1 fully saturated rings. The van der Waals surface area contributed by atoms with Crippen LogP contribution in [0, 0.1) is 0 Å². The minimum absolute atomic E-state index is 0.277. The Balaban J connectivity index is 1.72. The fourth-order valence-electron chi connectivity index (χ4n) is 2.16. The van der Waals surface area contributed by atoms with Crippen molar-refractivity contribution in [2.24, 2.45) is 0 Å². The number of nitrogens with zero attached hydrogens (tertiary/aromatic N) is 1. The topological polar surface area (TPSA) is 105 Å². The number of rotatable bonds is 4. The normalized spacial score (nSPS) is 21.0. The summed E-state index contributed by atoms with van der Waals surface area (Å²) >= 11 is 0. The molecule has 2 aromatic rings. The molecule has 1 atom stereocenters. The largest absolute Gasteiger partial charge is 0.466 e. The van der Waals surface area contributed by atoms with Gasteiger partial charge in [0, 0.05) is 6.08 Å². The second kappa shape index (κ2) is 5.48. The summed E-state index contributed by atoms with van der Waals surface area (Å²) in [6.45, 7) is 1.50. The molecule has 2 N–H and O–H groups in total. The standard InChI is InChI=1S/C15H13N3O5/c1-15(11-5-3-9-23-11)13(20)18(14(21)16-15)17-12(19)7-6-10-4-2-8-22-10/h2-9H,1H3,(H,16,21)(H,17,19). The van der Waals surface area contributed by atoms with Crippen LogP contribution >= 0.6 is 0 Å². The van der Waals surface area contributed by atoms with Crippen LogP contribution in [0.3, 0.4) is 0 Å². The second-order valence-corrected chi connectivity index (χ2v) is 5.00. The van der Waals surface area contributed by atoms with Crippen molar-refractivity contribution in [3.8, 4) is 0 Å². The predicted octanol–water partition coefficient (Wildman–Crippen LogP) is 1.38. The number of carbonyl (C=O) groups is 3. The zero-order chi connectivity index (χ0) is 16.4. The van der Waals surface area contributed by atoms with Crippen LogP contribution in [-0.4, -0.2) is 22.9 Å². The van der Waals surface area contributed by atoms with Gasteiger partial charge in [0.1, 0.15) is 11.5 Å². The number of imide groups is 1. The molecule has 3 rings (SSSR count). The van der Waals surface area contributed by atoms with Gasteiger partial charge in [0.15, 0.2) is 5.54 Å². The van der Waals surface area contributed by atoms with Crippen molar-refractivity contribution in [1.29, 1.82) is 0 Å². The Kier molecular flexibility index (Phi) is 3.49.